The van der Waals surface area contributed by atoms with Crippen molar-refractivity contribution in [3.8, 4) is 0 Å². The number of rotatable bonds is 5. The molecule has 2 unspecified atom stereocenters. The summed E-state index contributed by atoms with van der Waals surface area (Å²) in [5, 5.41) is 0. The lowest BCUT2D eigenvalue weighted by Gasteiger charge is -2.14. The number of carbonyl (C=O) groups excluding carboxylic acids is 1. The Hall–Kier alpha value is -0.610. The van der Waals surface area contributed by atoms with Crippen LogP contribution in [0.2, 0.25) is 0 Å². The number of nitrogens with two attached hydrogens (primary N) is 1. The molecule has 1 aliphatic rings. The molecule has 0 saturated carbocycles. The molecule has 1 saturated heterocycles. The Morgan fingerprint density at radius 2 is 2.50 bits per heavy atom. The molecule has 0 radical (unpaired) electrons. The van der Waals surface area contributed by atoms with Crippen LogP contribution in [0.3, 0.4) is 0 Å². The van der Waals surface area contributed by atoms with Crippen LogP contribution in [-0.4, -0.2) is 31.8 Å². The third-order valence-electron chi connectivity index (χ3n) is 2.55. The summed E-state index contributed by atoms with van der Waals surface area (Å²) >= 11 is 0. The molecule has 0 spiro atoms. The van der Waals surface area contributed by atoms with Gasteiger partial charge < -0.3 is 15.2 Å². The molecule has 1 fully saturated rings. The fraction of sp³-hybridized carbons (Fsp3) is 0.900. The molecule has 0 aromatic rings. The highest BCUT2D eigenvalue weighted by atomic mass is 16.6. The Kier molecular flexibility index (Phi) is 4.90. The van der Waals surface area contributed by atoms with Crippen molar-refractivity contribution in [2.24, 2.45) is 11.7 Å². The summed E-state index contributed by atoms with van der Waals surface area (Å²) in [6.07, 6.45) is 2.15. The minimum atomic E-state index is -0.141. The Morgan fingerprint density at radius 3 is 3.00 bits per heavy atom. The SMILES string of the molecule is CCC(CN)CC(=O)OC1CCOC1. The van der Waals surface area contributed by atoms with Crippen LogP contribution >= 0.6 is 0 Å². The number of hydrogen-bond acceptors (Lipinski definition) is 4. The van der Waals surface area contributed by atoms with Crippen molar-refractivity contribution in [3.63, 3.8) is 0 Å². The molecule has 4 heteroatoms. The summed E-state index contributed by atoms with van der Waals surface area (Å²) < 4.78 is 10.3. The molecular formula is C10H19NO3. The van der Waals surface area contributed by atoms with E-state index in [1.807, 2.05) is 6.92 Å². The summed E-state index contributed by atoms with van der Waals surface area (Å²) in [5.74, 6) is 0.114. The van der Waals surface area contributed by atoms with E-state index in [1.54, 1.807) is 0 Å². The molecule has 0 aromatic carbocycles. The van der Waals surface area contributed by atoms with Crippen LogP contribution in [0.5, 0.6) is 0 Å². The molecule has 1 aliphatic heterocycles. The number of hydrogen-bond donors (Lipinski definition) is 1. The van der Waals surface area contributed by atoms with Gasteiger partial charge in [0.05, 0.1) is 13.2 Å². The second-order valence-electron chi connectivity index (χ2n) is 3.69. The van der Waals surface area contributed by atoms with Crippen LogP contribution in [0.25, 0.3) is 0 Å². The summed E-state index contributed by atoms with van der Waals surface area (Å²) in [6, 6.07) is 0. The highest BCUT2D eigenvalue weighted by Gasteiger charge is 2.21. The van der Waals surface area contributed by atoms with Crippen molar-refractivity contribution < 1.29 is 14.3 Å². The molecule has 82 valence electrons. The quantitative estimate of drug-likeness (QED) is 0.665. The lowest BCUT2D eigenvalue weighted by Crippen LogP contribution is -2.23. The van der Waals surface area contributed by atoms with E-state index >= 15 is 0 Å². The first-order valence-corrected chi connectivity index (χ1v) is 5.23. The van der Waals surface area contributed by atoms with Gasteiger partial charge in [0.1, 0.15) is 6.10 Å². The fourth-order valence-corrected chi connectivity index (χ4v) is 1.47. The molecule has 2 N–H and O–H groups in total. The largest absolute Gasteiger partial charge is 0.460 e. The molecule has 0 amide bonds. The van der Waals surface area contributed by atoms with Crippen molar-refractivity contribution in [2.45, 2.75) is 32.3 Å². The summed E-state index contributed by atoms with van der Waals surface area (Å²) in [7, 11) is 0. The van der Waals surface area contributed by atoms with Gasteiger partial charge in [-0.2, -0.15) is 0 Å². The highest BCUT2D eigenvalue weighted by Crippen LogP contribution is 2.12. The highest BCUT2D eigenvalue weighted by molar-refractivity contribution is 5.69. The molecule has 14 heavy (non-hydrogen) atoms. The third-order valence-corrected chi connectivity index (χ3v) is 2.55. The smallest absolute Gasteiger partial charge is 0.306 e. The topological polar surface area (TPSA) is 61.6 Å². The average molecular weight is 201 g/mol. The van der Waals surface area contributed by atoms with Crippen LogP contribution in [-0.2, 0) is 14.3 Å². The zero-order chi connectivity index (χ0) is 10.4. The summed E-state index contributed by atoms with van der Waals surface area (Å²) in [4.78, 5) is 11.4. The van der Waals surface area contributed by atoms with Crippen molar-refractivity contribution in [1.82, 2.24) is 0 Å². The first-order valence-electron chi connectivity index (χ1n) is 5.23. The van der Waals surface area contributed by atoms with E-state index in [9.17, 15) is 4.79 Å². The molecule has 4 nitrogen and oxygen atoms in total. The number of carbonyl (C=O) groups is 1. The summed E-state index contributed by atoms with van der Waals surface area (Å²) in [5.41, 5.74) is 5.51. The van der Waals surface area contributed by atoms with Gasteiger partial charge in [0.15, 0.2) is 0 Å². The monoisotopic (exact) mass is 201 g/mol. The predicted octanol–water partition coefficient (Wildman–Crippen LogP) is 0.694. The van der Waals surface area contributed by atoms with Gasteiger partial charge in [0.2, 0.25) is 0 Å². The van der Waals surface area contributed by atoms with E-state index in [0.29, 0.717) is 26.2 Å². The zero-order valence-electron chi connectivity index (χ0n) is 8.70. The van der Waals surface area contributed by atoms with Gasteiger partial charge in [0, 0.05) is 12.8 Å². The van der Waals surface area contributed by atoms with Crippen molar-refractivity contribution in [3.05, 3.63) is 0 Å². The van der Waals surface area contributed by atoms with Crippen LogP contribution < -0.4 is 5.73 Å². The van der Waals surface area contributed by atoms with E-state index in [4.69, 9.17) is 15.2 Å². The van der Waals surface area contributed by atoms with E-state index in [-0.39, 0.29) is 18.0 Å². The lowest BCUT2D eigenvalue weighted by molar-refractivity contribution is -0.150. The van der Waals surface area contributed by atoms with E-state index in [0.717, 1.165) is 12.8 Å². The zero-order valence-corrected chi connectivity index (χ0v) is 8.70. The second kappa shape index (κ2) is 5.98. The van der Waals surface area contributed by atoms with Gasteiger partial charge in [-0.05, 0) is 12.5 Å². The number of esters is 1. The molecular weight excluding hydrogens is 182 g/mol. The van der Waals surface area contributed by atoms with Gasteiger partial charge in [0.25, 0.3) is 0 Å². The van der Waals surface area contributed by atoms with Crippen molar-refractivity contribution >= 4 is 5.97 Å². The maximum Gasteiger partial charge on any atom is 0.306 e. The van der Waals surface area contributed by atoms with Crippen LogP contribution in [0.4, 0.5) is 0 Å². The van der Waals surface area contributed by atoms with Crippen LogP contribution in [0, 0.1) is 5.92 Å². The van der Waals surface area contributed by atoms with Gasteiger partial charge in [-0.25, -0.2) is 0 Å². The van der Waals surface area contributed by atoms with E-state index < -0.39 is 0 Å². The van der Waals surface area contributed by atoms with Gasteiger partial charge in [-0.15, -0.1) is 0 Å². The maximum absolute atomic E-state index is 11.4. The minimum Gasteiger partial charge on any atom is -0.460 e. The Bertz CT molecular complexity index is 168. The van der Waals surface area contributed by atoms with Crippen LogP contribution in [0.15, 0.2) is 0 Å². The van der Waals surface area contributed by atoms with Gasteiger partial charge >= 0.3 is 5.97 Å². The van der Waals surface area contributed by atoms with Crippen LogP contribution in [0.1, 0.15) is 26.2 Å². The Balaban J connectivity index is 2.20. The summed E-state index contributed by atoms with van der Waals surface area (Å²) in [6.45, 7) is 3.83. The second-order valence-corrected chi connectivity index (χ2v) is 3.69. The number of ether oxygens (including phenoxy) is 2. The maximum atomic E-state index is 11.4. The Morgan fingerprint density at radius 1 is 1.71 bits per heavy atom. The molecule has 0 bridgehead atoms. The molecule has 1 rings (SSSR count). The van der Waals surface area contributed by atoms with E-state index in [2.05, 4.69) is 0 Å². The standard InChI is InChI=1S/C10H19NO3/c1-2-8(6-11)5-10(12)14-9-3-4-13-7-9/h8-9H,2-7,11H2,1H3. The minimum absolute atomic E-state index is 0.0298. The normalized spacial score (nSPS) is 23.4. The van der Waals surface area contributed by atoms with E-state index in [1.165, 1.54) is 0 Å². The van der Waals surface area contributed by atoms with Gasteiger partial charge in [-0.3, -0.25) is 4.79 Å². The first-order chi connectivity index (χ1) is 6.76. The molecule has 1 heterocycles. The molecule has 2 atom stereocenters. The third kappa shape index (κ3) is 3.64. The lowest BCUT2D eigenvalue weighted by atomic mass is 10.0. The molecule has 0 aromatic heterocycles. The first kappa shape index (κ1) is 11.5. The molecule has 0 aliphatic carbocycles. The fourth-order valence-electron chi connectivity index (χ4n) is 1.47. The average Bonchev–Trinajstić information content (AvgIpc) is 2.66. The van der Waals surface area contributed by atoms with Gasteiger partial charge in [-0.1, -0.05) is 13.3 Å². The Labute approximate surface area is 84.7 Å². The van der Waals surface area contributed by atoms with Crippen molar-refractivity contribution in [2.75, 3.05) is 19.8 Å². The predicted molar refractivity (Wildman–Crippen MR) is 52.8 cm³/mol. The van der Waals surface area contributed by atoms with Crippen molar-refractivity contribution in [1.29, 1.82) is 0 Å².